The predicted molar refractivity (Wildman–Crippen MR) is 128 cm³/mol. The molecule has 2 aromatic rings. The van der Waals surface area contributed by atoms with Crippen molar-refractivity contribution < 1.29 is 9.53 Å². The summed E-state index contributed by atoms with van der Waals surface area (Å²) < 4.78 is 5.45. The van der Waals surface area contributed by atoms with Crippen molar-refractivity contribution in [2.45, 2.75) is 18.9 Å². The van der Waals surface area contributed by atoms with E-state index in [4.69, 9.17) is 39.5 Å². The number of nitrogens with zero attached hydrogens (tertiary/aromatic N) is 2. The zero-order valence-electron chi connectivity index (χ0n) is 17.2. The highest BCUT2D eigenvalue weighted by Gasteiger charge is 2.28. The maximum atomic E-state index is 12.9. The van der Waals surface area contributed by atoms with Crippen molar-refractivity contribution in [1.82, 2.24) is 9.80 Å². The number of hydrogen-bond donors (Lipinski definition) is 0. The zero-order valence-corrected chi connectivity index (χ0v) is 19.5. The SMILES string of the molecule is O=C(c1ccc(/C=C/c2c(Cl)cc(Cl)cc2Cl)cc1)N1CCC(N2CCOCC2)CC1. The molecule has 0 spiro atoms. The average molecular weight is 480 g/mol. The second-order valence-electron chi connectivity index (χ2n) is 7.91. The molecule has 2 aliphatic heterocycles. The van der Waals surface area contributed by atoms with E-state index in [0.717, 1.165) is 63.4 Å². The van der Waals surface area contributed by atoms with Crippen molar-refractivity contribution in [1.29, 1.82) is 0 Å². The third-order valence-electron chi connectivity index (χ3n) is 5.96. The molecule has 2 saturated heterocycles. The van der Waals surface area contributed by atoms with Gasteiger partial charge in [-0.1, -0.05) is 59.1 Å². The van der Waals surface area contributed by atoms with Crippen molar-refractivity contribution in [3.8, 4) is 0 Å². The van der Waals surface area contributed by atoms with Gasteiger partial charge >= 0.3 is 0 Å². The Hall–Kier alpha value is -1.56. The van der Waals surface area contributed by atoms with Gasteiger partial charge in [-0.3, -0.25) is 9.69 Å². The summed E-state index contributed by atoms with van der Waals surface area (Å²) in [5, 5.41) is 1.51. The molecule has 1 amide bonds. The zero-order chi connectivity index (χ0) is 21.8. The van der Waals surface area contributed by atoms with Gasteiger partial charge in [0.15, 0.2) is 0 Å². The molecular weight excluding hydrogens is 455 g/mol. The molecule has 0 saturated carbocycles. The van der Waals surface area contributed by atoms with Gasteiger partial charge in [-0.05, 0) is 42.7 Å². The van der Waals surface area contributed by atoms with Gasteiger partial charge in [-0.15, -0.1) is 0 Å². The van der Waals surface area contributed by atoms with E-state index in [0.29, 0.717) is 26.7 Å². The molecule has 2 heterocycles. The molecule has 0 unspecified atom stereocenters. The smallest absolute Gasteiger partial charge is 0.253 e. The third-order valence-corrected chi connectivity index (χ3v) is 6.80. The fraction of sp³-hybridized carbons (Fsp3) is 0.375. The van der Waals surface area contributed by atoms with E-state index in [9.17, 15) is 4.79 Å². The van der Waals surface area contributed by atoms with Crippen LogP contribution in [-0.2, 0) is 4.74 Å². The second-order valence-corrected chi connectivity index (χ2v) is 9.16. The van der Waals surface area contributed by atoms with Crippen LogP contribution in [0.15, 0.2) is 36.4 Å². The van der Waals surface area contributed by atoms with Gasteiger partial charge in [-0.2, -0.15) is 0 Å². The topological polar surface area (TPSA) is 32.8 Å². The summed E-state index contributed by atoms with van der Waals surface area (Å²) in [4.78, 5) is 17.4. The number of morpholine rings is 1. The Kier molecular flexibility index (Phi) is 7.57. The Morgan fingerprint density at radius 2 is 1.52 bits per heavy atom. The number of ether oxygens (including phenoxy) is 1. The largest absolute Gasteiger partial charge is 0.379 e. The normalized spacial score (nSPS) is 18.6. The van der Waals surface area contributed by atoms with E-state index in [1.807, 2.05) is 41.3 Å². The lowest BCUT2D eigenvalue weighted by Gasteiger charge is -2.40. The first-order valence-corrected chi connectivity index (χ1v) is 11.7. The highest BCUT2D eigenvalue weighted by atomic mass is 35.5. The van der Waals surface area contributed by atoms with Crippen molar-refractivity contribution in [2.75, 3.05) is 39.4 Å². The van der Waals surface area contributed by atoms with E-state index in [-0.39, 0.29) is 5.91 Å². The van der Waals surface area contributed by atoms with Gasteiger partial charge in [0.25, 0.3) is 5.91 Å². The molecule has 0 aliphatic carbocycles. The number of rotatable bonds is 4. The quantitative estimate of drug-likeness (QED) is 0.523. The number of likely N-dealkylation sites (tertiary alicyclic amines) is 1. The van der Waals surface area contributed by atoms with E-state index >= 15 is 0 Å². The van der Waals surface area contributed by atoms with E-state index in [2.05, 4.69) is 4.90 Å². The molecule has 4 rings (SSSR count). The van der Waals surface area contributed by atoms with Crippen LogP contribution in [0.1, 0.15) is 34.3 Å². The standard InChI is InChI=1S/C24H25Cl3N2O2/c25-19-15-22(26)21(23(27)16-19)6-3-17-1-4-18(5-2-17)24(30)29-9-7-20(8-10-29)28-11-13-31-14-12-28/h1-6,15-16,20H,7-14H2/b6-3+. The summed E-state index contributed by atoms with van der Waals surface area (Å²) >= 11 is 18.4. The summed E-state index contributed by atoms with van der Waals surface area (Å²) in [6, 6.07) is 11.5. The van der Waals surface area contributed by atoms with Crippen LogP contribution in [0.2, 0.25) is 15.1 Å². The van der Waals surface area contributed by atoms with Crippen LogP contribution < -0.4 is 0 Å². The van der Waals surface area contributed by atoms with E-state index in [1.54, 1.807) is 12.1 Å². The highest BCUT2D eigenvalue weighted by molar-refractivity contribution is 6.40. The first-order chi connectivity index (χ1) is 15.0. The molecule has 7 heteroatoms. The Bertz CT molecular complexity index is 925. The molecule has 31 heavy (non-hydrogen) atoms. The maximum Gasteiger partial charge on any atom is 0.253 e. The summed E-state index contributed by atoms with van der Waals surface area (Å²) in [5.41, 5.74) is 2.39. The molecule has 0 bridgehead atoms. The molecule has 164 valence electrons. The van der Waals surface area contributed by atoms with Crippen LogP contribution >= 0.6 is 34.8 Å². The molecule has 4 nitrogen and oxygen atoms in total. The molecule has 0 aromatic heterocycles. The van der Waals surface area contributed by atoms with Crippen molar-refractivity contribution in [2.24, 2.45) is 0 Å². The molecule has 2 aromatic carbocycles. The van der Waals surface area contributed by atoms with Crippen molar-refractivity contribution in [3.63, 3.8) is 0 Å². The van der Waals surface area contributed by atoms with Crippen LogP contribution in [0.4, 0.5) is 0 Å². The summed E-state index contributed by atoms with van der Waals surface area (Å²) in [6.45, 7) is 5.24. The number of carbonyl (C=O) groups excluding carboxylic acids is 1. The lowest BCUT2D eigenvalue weighted by molar-refractivity contribution is 0.00159. The minimum absolute atomic E-state index is 0.0970. The predicted octanol–water partition coefficient (Wildman–Crippen LogP) is 5.75. The molecule has 2 aliphatic rings. The summed E-state index contributed by atoms with van der Waals surface area (Å²) in [5.74, 6) is 0.0970. The minimum Gasteiger partial charge on any atom is -0.379 e. The molecule has 0 atom stereocenters. The molecular formula is C24H25Cl3N2O2. The van der Waals surface area contributed by atoms with E-state index in [1.165, 1.54) is 0 Å². The lowest BCUT2D eigenvalue weighted by atomic mass is 10.0. The monoisotopic (exact) mass is 478 g/mol. The first kappa shape index (κ1) is 22.6. The van der Waals surface area contributed by atoms with Crippen LogP contribution in [0, 0.1) is 0 Å². The third kappa shape index (κ3) is 5.63. The van der Waals surface area contributed by atoms with Crippen LogP contribution in [0.25, 0.3) is 12.2 Å². The number of benzene rings is 2. The minimum atomic E-state index is 0.0970. The average Bonchev–Trinajstić information content (AvgIpc) is 2.79. The number of carbonyl (C=O) groups is 1. The van der Waals surface area contributed by atoms with Gasteiger partial charge in [0.1, 0.15) is 0 Å². The Morgan fingerprint density at radius 1 is 0.903 bits per heavy atom. The van der Waals surface area contributed by atoms with Gasteiger partial charge in [0.2, 0.25) is 0 Å². The fourth-order valence-corrected chi connectivity index (χ4v) is 5.13. The van der Waals surface area contributed by atoms with Gasteiger partial charge in [0, 0.05) is 48.4 Å². The van der Waals surface area contributed by atoms with Crippen molar-refractivity contribution in [3.05, 3.63) is 68.2 Å². The van der Waals surface area contributed by atoms with E-state index < -0.39 is 0 Å². The van der Waals surface area contributed by atoms with Crippen molar-refractivity contribution >= 4 is 52.9 Å². The van der Waals surface area contributed by atoms with Crippen LogP contribution in [-0.4, -0.2) is 61.1 Å². The molecule has 0 N–H and O–H groups in total. The summed E-state index contributed by atoms with van der Waals surface area (Å²) in [7, 11) is 0. The Morgan fingerprint density at radius 3 is 2.13 bits per heavy atom. The number of piperidine rings is 1. The van der Waals surface area contributed by atoms with Crippen LogP contribution in [0.3, 0.4) is 0 Å². The Labute approximate surface area is 198 Å². The highest BCUT2D eigenvalue weighted by Crippen LogP contribution is 2.30. The second kappa shape index (κ2) is 10.4. The number of hydrogen-bond acceptors (Lipinski definition) is 3. The maximum absolute atomic E-state index is 12.9. The number of amides is 1. The van der Waals surface area contributed by atoms with Gasteiger partial charge in [-0.25, -0.2) is 0 Å². The molecule has 0 radical (unpaired) electrons. The van der Waals surface area contributed by atoms with Gasteiger partial charge in [0.05, 0.1) is 23.3 Å². The number of halogens is 3. The van der Waals surface area contributed by atoms with Gasteiger partial charge < -0.3 is 9.64 Å². The first-order valence-electron chi connectivity index (χ1n) is 10.5. The molecule has 2 fully saturated rings. The Balaban J connectivity index is 1.35. The summed E-state index contributed by atoms with van der Waals surface area (Å²) in [6.07, 6.45) is 5.82. The lowest BCUT2D eigenvalue weighted by Crippen LogP contribution is -2.50. The fourth-order valence-electron chi connectivity index (χ4n) is 4.19. The van der Waals surface area contributed by atoms with Crippen LogP contribution in [0.5, 0.6) is 0 Å².